The molecular formula is C34H42N4O5S. The van der Waals surface area contributed by atoms with Gasteiger partial charge in [0.05, 0.1) is 18.1 Å². The van der Waals surface area contributed by atoms with Gasteiger partial charge in [0.1, 0.15) is 6.04 Å². The van der Waals surface area contributed by atoms with Gasteiger partial charge in [0.25, 0.3) is 0 Å². The van der Waals surface area contributed by atoms with E-state index < -0.39 is 16.1 Å². The van der Waals surface area contributed by atoms with E-state index in [0.717, 1.165) is 42.6 Å². The van der Waals surface area contributed by atoms with Crippen molar-refractivity contribution in [1.29, 1.82) is 0 Å². The maximum absolute atomic E-state index is 14.0. The monoisotopic (exact) mass is 618 g/mol. The molecule has 2 amide bonds. The molecule has 0 saturated carbocycles. The Labute approximate surface area is 260 Å². The van der Waals surface area contributed by atoms with Crippen molar-refractivity contribution >= 4 is 21.8 Å². The quantitative estimate of drug-likeness (QED) is 0.314. The molecule has 9 nitrogen and oxygen atoms in total. The van der Waals surface area contributed by atoms with Crippen LogP contribution in [0.15, 0.2) is 89.8 Å². The lowest BCUT2D eigenvalue weighted by Gasteiger charge is -2.32. The number of ether oxygens (including phenoxy) is 1. The summed E-state index contributed by atoms with van der Waals surface area (Å²) in [7, 11) is -3.50. The molecule has 0 radical (unpaired) electrons. The minimum absolute atomic E-state index is 0.153. The number of hydrogen-bond donors (Lipinski definition) is 1. The fraction of sp³-hybridized carbons (Fsp3) is 0.412. The van der Waals surface area contributed by atoms with Crippen LogP contribution in [0.2, 0.25) is 0 Å². The summed E-state index contributed by atoms with van der Waals surface area (Å²) in [6.07, 6.45) is 2.37. The molecule has 234 valence electrons. The van der Waals surface area contributed by atoms with E-state index in [-0.39, 0.29) is 29.7 Å². The Morgan fingerprint density at radius 2 is 1.45 bits per heavy atom. The van der Waals surface area contributed by atoms with Crippen LogP contribution in [0.1, 0.15) is 42.0 Å². The number of morpholine rings is 1. The van der Waals surface area contributed by atoms with Crippen LogP contribution in [-0.2, 0) is 37.3 Å². The Bertz CT molecular complexity index is 1460. The third-order valence-corrected chi connectivity index (χ3v) is 10.2. The van der Waals surface area contributed by atoms with Crippen molar-refractivity contribution in [1.82, 2.24) is 19.4 Å². The number of carbonyl (C=O) groups excluding carboxylic acids is 2. The van der Waals surface area contributed by atoms with E-state index in [2.05, 4.69) is 10.2 Å². The SMILES string of the molecule is O=C(NCCN1CCOCC1)C(c1ccccc1)N(Cc1ccccc1)C(=O)CCc1ccc(S(=O)(=O)N2CCCC2)cc1. The first kappa shape index (κ1) is 31.8. The number of rotatable bonds is 13. The Kier molecular flexibility index (Phi) is 11.2. The summed E-state index contributed by atoms with van der Waals surface area (Å²) in [5.74, 6) is -0.370. The predicted molar refractivity (Wildman–Crippen MR) is 169 cm³/mol. The summed E-state index contributed by atoms with van der Waals surface area (Å²) in [6.45, 7) is 5.63. The molecule has 2 aliphatic heterocycles. The molecule has 2 aliphatic rings. The topological polar surface area (TPSA) is 99.3 Å². The van der Waals surface area contributed by atoms with Gasteiger partial charge in [0, 0.05) is 52.2 Å². The zero-order valence-electron chi connectivity index (χ0n) is 25.1. The van der Waals surface area contributed by atoms with Gasteiger partial charge in [-0.15, -0.1) is 0 Å². The summed E-state index contributed by atoms with van der Waals surface area (Å²) in [5.41, 5.74) is 2.54. The molecule has 3 aromatic rings. The Morgan fingerprint density at radius 1 is 0.818 bits per heavy atom. The molecule has 0 aromatic heterocycles. The second kappa shape index (κ2) is 15.4. The molecule has 2 saturated heterocycles. The molecule has 44 heavy (non-hydrogen) atoms. The molecular weight excluding hydrogens is 576 g/mol. The smallest absolute Gasteiger partial charge is 0.247 e. The lowest BCUT2D eigenvalue weighted by atomic mass is 10.0. The fourth-order valence-electron chi connectivity index (χ4n) is 5.77. The molecule has 0 bridgehead atoms. The van der Waals surface area contributed by atoms with Crippen molar-refractivity contribution in [2.45, 2.75) is 43.2 Å². The highest BCUT2D eigenvalue weighted by atomic mass is 32.2. The van der Waals surface area contributed by atoms with Gasteiger partial charge in [-0.25, -0.2) is 8.42 Å². The summed E-state index contributed by atoms with van der Waals surface area (Å²) >= 11 is 0. The summed E-state index contributed by atoms with van der Waals surface area (Å²) in [5, 5.41) is 3.09. The number of nitrogens with one attached hydrogen (secondary N) is 1. The third-order valence-electron chi connectivity index (χ3n) is 8.28. The number of nitrogens with zero attached hydrogens (tertiary/aromatic N) is 3. The van der Waals surface area contributed by atoms with Crippen LogP contribution in [0.25, 0.3) is 0 Å². The number of sulfonamides is 1. The molecule has 0 aliphatic carbocycles. The van der Waals surface area contributed by atoms with Crippen LogP contribution in [0.3, 0.4) is 0 Å². The fourth-order valence-corrected chi connectivity index (χ4v) is 7.29. The molecule has 5 rings (SSSR count). The number of benzene rings is 3. The minimum atomic E-state index is -3.50. The lowest BCUT2D eigenvalue weighted by molar-refractivity contribution is -0.141. The Balaban J connectivity index is 1.32. The van der Waals surface area contributed by atoms with Gasteiger partial charge in [-0.1, -0.05) is 72.8 Å². The Hall–Kier alpha value is -3.57. The number of amides is 2. The average Bonchev–Trinajstić information content (AvgIpc) is 3.62. The first-order chi connectivity index (χ1) is 21.4. The summed E-state index contributed by atoms with van der Waals surface area (Å²) < 4.78 is 32.8. The van der Waals surface area contributed by atoms with E-state index in [1.807, 2.05) is 60.7 Å². The lowest BCUT2D eigenvalue weighted by Crippen LogP contribution is -2.46. The molecule has 1 unspecified atom stereocenters. The van der Waals surface area contributed by atoms with Crippen LogP contribution in [0, 0.1) is 0 Å². The van der Waals surface area contributed by atoms with Crippen LogP contribution in [-0.4, -0.2) is 86.8 Å². The normalized spacial score (nSPS) is 16.8. The first-order valence-corrected chi connectivity index (χ1v) is 16.9. The van der Waals surface area contributed by atoms with Crippen LogP contribution < -0.4 is 5.32 Å². The van der Waals surface area contributed by atoms with Crippen LogP contribution in [0.4, 0.5) is 0 Å². The highest BCUT2D eigenvalue weighted by Crippen LogP contribution is 2.26. The molecule has 2 heterocycles. The van der Waals surface area contributed by atoms with Gasteiger partial charge < -0.3 is 15.0 Å². The maximum atomic E-state index is 14.0. The molecule has 0 spiro atoms. The van der Waals surface area contributed by atoms with E-state index in [4.69, 9.17) is 4.74 Å². The maximum Gasteiger partial charge on any atom is 0.247 e. The standard InChI is InChI=1S/C34H42N4O5S/c39-32(18-15-28-13-16-31(17-14-28)44(41,42)37-20-7-8-21-37)38(27-29-9-3-1-4-10-29)33(30-11-5-2-6-12-30)34(40)35-19-22-36-23-25-43-26-24-36/h1-6,9-14,16-17,33H,7-8,15,18-27H2,(H,35,40). The first-order valence-electron chi connectivity index (χ1n) is 15.5. The van der Waals surface area contributed by atoms with Crippen molar-refractivity contribution < 1.29 is 22.7 Å². The van der Waals surface area contributed by atoms with Gasteiger partial charge >= 0.3 is 0 Å². The van der Waals surface area contributed by atoms with Gasteiger partial charge in [-0.3, -0.25) is 14.5 Å². The number of carbonyl (C=O) groups is 2. The zero-order valence-corrected chi connectivity index (χ0v) is 26.0. The Morgan fingerprint density at radius 3 is 2.11 bits per heavy atom. The van der Waals surface area contributed by atoms with Gasteiger partial charge in [-0.05, 0) is 48.1 Å². The van der Waals surface area contributed by atoms with Crippen molar-refractivity contribution in [3.63, 3.8) is 0 Å². The highest BCUT2D eigenvalue weighted by molar-refractivity contribution is 7.89. The van der Waals surface area contributed by atoms with Gasteiger partial charge in [0.2, 0.25) is 21.8 Å². The molecule has 1 N–H and O–H groups in total. The summed E-state index contributed by atoms with van der Waals surface area (Å²) in [4.78, 5) is 32.0. The zero-order chi connectivity index (χ0) is 30.8. The van der Waals surface area contributed by atoms with Crippen LogP contribution >= 0.6 is 0 Å². The largest absolute Gasteiger partial charge is 0.379 e. The van der Waals surface area contributed by atoms with Crippen molar-refractivity contribution in [2.75, 3.05) is 52.5 Å². The van der Waals surface area contributed by atoms with Crippen molar-refractivity contribution in [3.8, 4) is 0 Å². The second-order valence-electron chi connectivity index (χ2n) is 11.3. The van der Waals surface area contributed by atoms with Crippen LogP contribution in [0.5, 0.6) is 0 Å². The molecule has 1 atom stereocenters. The minimum Gasteiger partial charge on any atom is -0.379 e. The van der Waals surface area contributed by atoms with Crippen molar-refractivity contribution in [2.24, 2.45) is 0 Å². The van der Waals surface area contributed by atoms with Crippen molar-refractivity contribution in [3.05, 3.63) is 102 Å². The van der Waals surface area contributed by atoms with E-state index in [1.165, 1.54) is 4.31 Å². The highest BCUT2D eigenvalue weighted by Gasteiger charge is 2.32. The average molecular weight is 619 g/mol. The van der Waals surface area contributed by atoms with E-state index >= 15 is 0 Å². The molecule has 3 aromatic carbocycles. The van der Waals surface area contributed by atoms with Gasteiger partial charge in [0.15, 0.2) is 0 Å². The number of aryl methyl sites for hydroxylation is 1. The second-order valence-corrected chi connectivity index (χ2v) is 13.3. The van der Waals surface area contributed by atoms with E-state index in [9.17, 15) is 18.0 Å². The summed E-state index contributed by atoms with van der Waals surface area (Å²) in [6, 6.07) is 25.1. The number of hydrogen-bond acceptors (Lipinski definition) is 6. The third kappa shape index (κ3) is 8.32. The molecule has 2 fully saturated rings. The van der Waals surface area contributed by atoms with E-state index in [0.29, 0.717) is 45.8 Å². The van der Waals surface area contributed by atoms with Gasteiger partial charge in [-0.2, -0.15) is 4.31 Å². The molecule has 10 heteroatoms. The predicted octanol–water partition coefficient (Wildman–Crippen LogP) is 3.62. The van der Waals surface area contributed by atoms with E-state index in [1.54, 1.807) is 29.2 Å².